The normalized spacial score (nSPS) is 11.8. The molecule has 1 atom stereocenters. The van der Waals surface area contributed by atoms with Crippen molar-refractivity contribution in [1.82, 2.24) is 9.97 Å². The van der Waals surface area contributed by atoms with Gasteiger partial charge in [-0.05, 0) is 49.4 Å². The van der Waals surface area contributed by atoms with Crippen molar-refractivity contribution in [3.8, 4) is 28.3 Å². The number of carbonyl (C=O) groups excluding carboxylic acids is 1. The summed E-state index contributed by atoms with van der Waals surface area (Å²) in [5.74, 6) is 1.01. The predicted molar refractivity (Wildman–Crippen MR) is 151 cm³/mol. The number of hydrogen-bond donors (Lipinski definition) is 0. The topological polar surface area (TPSA) is 61.3 Å². The Morgan fingerprint density at radius 2 is 1.32 bits per heavy atom. The number of nitrogens with zero attached hydrogens (tertiary/aromatic N) is 2. The summed E-state index contributed by atoms with van der Waals surface area (Å²) in [5.41, 5.74) is 4.32. The van der Waals surface area contributed by atoms with Crippen molar-refractivity contribution >= 4 is 5.97 Å². The van der Waals surface area contributed by atoms with E-state index in [2.05, 4.69) is 48.1 Å². The van der Waals surface area contributed by atoms with E-state index in [9.17, 15) is 4.79 Å². The van der Waals surface area contributed by atoms with Gasteiger partial charge in [0.1, 0.15) is 5.75 Å². The van der Waals surface area contributed by atoms with Gasteiger partial charge in [0.05, 0.1) is 6.61 Å². The lowest BCUT2D eigenvalue weighted by Gasteiger charge is -2.14. The van der Waals surface area contributed by atoms with Crippen LogP contribution in [0.5, 0.6) is 5.75 Å². The van der Waals surface area contributed by atoms with Gasteiger partial charge in [-0.15, -0.1) is 0 Å². The lowest BCUT2D eigenvalue weighted by Crippen LogP contribution is -2.26. The maximum Gasteiger partial charge on any atom is 0.347 e. The minimum absolute atomic E-state index is 0.334. The lowest BCUT2D eigenvalue weighted by atomic mass is 10.0. The molecule has 0 aliphatic rings. The number of ether oxygens (including phenoxy) is 2. The molecule has 0 aliphatic carbocycles. The van der Waals surface area contributed by atoms with Crippen molar-refractivity contribution in [3.05, 3.63) is 66.5 Å². The Bertz CT molecular complexity index is 1050. The summed E-state index contributed by atoms with van der Waals surface area (Å²) in [6.45, 7) is 6.53. The Morgan fingerprint density at radius 1 is 0.730 bits per heavy atom. The minimum Gasteiger partial charge on any atom is -0.479 e. The Balaban J connectivity index is 1.49. The van der Waals surface area contributed by atoms with Gasteiger partial charge in [0.15, 0.2) is 11.9 Å². The van der Waals surface area contributed by atoms with E-state index in [1.54, 1.807) is 6.92 Å². The van der Waals surface area contributed by atoms with Crippen molar-refractivity contribution in [2.24, 2.45) is 0 Å². The Morgan fingerprint density at radius 3 is 2.00 bits per heavy atom. The summed E-state index contributed by atoms with van der Waals surface area (Å²) >= 11 is 0. The predicted octanol–water partition coefficient (Wildman–Crippen LogP) is 8.21. The van der Waals surface area contributed by atoms with Crippen molar-refractivity contribution in [1.29, 1.82) is 0 Å². The molecule has 0 saturated carbocycles. The van der Waals surface area contributed by atoms with E-state index in [0.717, 1.165) is 48.2 Å². The fourth-order valence-electron chi connectivity index (χ4n) is 4.18. The van der Waals surface area contributed by atoms with Crippen LogP contribution in [0.1, 0.15) is 84.1 Å². The second kappa shape index (κ2) is 15.8. The molecule has 0 fully saturated rings. The van der Waals surface area contributed by atoms with Gasteiger partial charge >= 0.3 is 5.97 Å². The zero-order valence-electron chi connectivity index (χ0n) is 22.7. The Labute approximate surface area is 222 Å². The molecule has 198 valence electrons. The highest BCUT2D eigenvalue weighted by Crippen LogP contribution is 2.24. The fraction of sp³-hybridized carbons (Fsp3) is 0.469. The average Bonchev–Trinajstić information content (AvgIpc) is 2.94. The molecular weight excluding hydrogens is 460 g/mol. The van der Waals surface area contributed by atoms with E-state index >= 15 is 0 Å². The summed E-state index contributed by atoms with van der Waals surface area (Å²) < 4.78 is 11.0. The number of esters is 1. The van der Waals surface area contributed by atoms with E-state index < -0.39 is 6.10 Å². The molecule has 1 unspecified atom stereocenters. The second-order valence-electron chi connectivity index (χ2n) is 9.67. The van der Waals surface area contributed by atoms with E-state index in [1.165, 1.54) is 44.1 Å². The first kappa shape index (κ1) is 28.4. The molecule has 3 rings (SSSR count). The van der Waals surface area contributed by atoms with Crippen molar-refractivity contribution in [3.63, 3.8) is 0 Å². The van der Waals surface area contributed by atoms with Crippen LogP contribution in [0.25, 0.3) is 22.5 Å². The minimum atomic E-state index is -0.646. The smallest absolute Gasteiger partial charge is 0.347 e. The van der Waals surface area contributed by atoms with Gasteiger partial charge < -0.3 is 9.47 Å². The van der Waals surface area contributed by atoms with Crippen LogP contribution in [0.15, 0.2) is 60.9 Å². The summed E-state index contributed by atoms with van der Waals surface area (Å²) in [6, 6.07) is 16.2. The maximum absolute atomic E-state index is 12.1. The summed E-state index contributed by atoms with van der Waals surface area (Å²) in [6.07, 6.45) is 15.1. The van der Waals surface area contributed by atoms with Crippen LogP contribution in [0, 0.1) is 0 Å². The van der Waals surface area contributed by atoms with Gasteiger partial charge in [0, 0.05) is 23.5 Å². The van der Waals surface area contributed by atoms with E-state index in [0.29, 0.717) is 12.4 Å². The molecular formula is C32H42N2O3. The monoisotopic (exact) mass is 502 g/mol. The first-order chi connectivity index (χ1) is 18.1. The standard InChI is InChI=1S/C32H42N2O3/c1-4-6-8-9-10-11-13-26-14-16-28(17-15-26)31-33-23-29(24-34-31)27-18-20-30(21-19-27)37-25(3)32(35)36-22-12-7-5-2/h14-21,23-25H,4-13,22H2,1-3H3. The number of hydrogen-bond acceptors (Lipinski definition) is 5. The van der Waals surface area contributed by atoms with Gasteiger partial charge in [-0.1, -0.05) is 95.2 Å². The first-order valence-electron chi connectivity index (χ1n) is 14.0. The molecule has 37 heavy (non-hydrogen) atoms. The van der Waals surface area contributed by atoms with Gasteiger partial charge in [0.25, 0.3) is 0 Å². The van der Waals surface area contributed by atoms with Gasteiger partial charge in [0.2, 0.25) is 0 Å². The molecule has 0 bridgehead atoms. The zero-order chi connectivity index (χ0) is 26.3. The lowest BCUT2D eigenvalue weighted by molar-refractivity contribution is -0.151. The molecule has 0 amide bonds. The molecule has 0 radical (unpaired) electrons. The molecule has 1 aromatic heterocycles. The van der Waals surface area contributed by atoms with Crippen molar-refractivity contribution in [2.75, 3.05) is 6.61 Å². The molecule has 5 nitrogen and oxygen atoms in total. The van der Waals surface area contributed by atoms with Crippen LogP contribution in [-0.4, -0.2) is 28.6 Å². The maximum atomic E-state index is 12.1. The summed E-state index contributed by atoms with van der Waals surface area (Å²) in [7, 11) is 0. The van der Waals surface area contributed by atoms with E-state index in [1.807, 2.05) is 36.7 Å². The molecule has 0 aliphatic heterocycles. The number of unbranched alkanes of at least 4 members (excludes halogenated alkanes) is 7. The van der Waals surface area contributed by atoms with Gasteiger partial charge in [-0.3, -0.25) is 0 Å². The molecule has 0 N–H and O–H groups in total. The largest absolute Gasteiger partial charge is 0.479 e. The molecule has 2 aromatic carbocycles. The van der Waals surface area contributed by atoms with Crippen molar-refractivity contribution < 1.29 is 14.3 Å². The fourth-order valence-corrected chi connectivity index (χ4v) is 4.18. The Hall–Kier alpha value is -3.21. The molecule has 3 aromatic rings. The SMILES string of the molecule is CCCCCCCCc1ccc(-c2ncc(-c3ccc(OC(C)C(=O)OCCCCC)cc3)cn2)cc1. The van der Waals surface area contributed by atoms with Gasteiger partial charge in [-0.2, -0.15) is 0 Å². The summed E-state index contributed by atoms with van der Waals surface area (Å²) in [5, 5.41) is 0. The third-order valence-electron chi connectivity index (χ3n) is 6.51. The highest BCUT2D eigenvalue weighted by Gasteiger charge is 2.16. The van der Waals surface area contributed by atoms with Crippen molar-refractivity contribution in [2.45, 2.75) is 91.1 Å². The summed E-state index contributed by atoms with van der Waals surface area (Å²) in [4.78, 5) is 21.3. The van der Waals surface area contributed by atoms with Crippen LogP contribution in [0.2, 0.25) is 0 Å². The Kier molecular flexibility index (Phi) is 12.1. The molecule has 0 spiro atoms. The molecule has 5 heteroatoms. The highest BCUT2D eigenvalue weighted by molar-refractivity contribution is 5.74. The zero-order valence-corrected chi connectivity index (χ0v) is 22.7. The number of benzene rings is 2. The number of aryl methyl sites for hydroxylation is 1. The molecule has 1 heterocycles. The number of rotatable bonds is 16. The van der Waals surface area contributed by atoms with Crippen LogP contribution >= 0.6 is 0 Å². The van der Waals surface area contributed by atoms with Crippen LogP contribution in [0.3, 0.4) is 0 Å². The third kappa shape index (κ3) is 9.64. The average molecular weight is 503 g/mol. The quantitative estimate of drug-likeness (QED) is 0.146. The third-order valence-corrected chi connectivity index (χ3v) is 6.51. The van der Waals surface area contributed by atoms with Crippen LogP contribution < -0.4 is 4.74 Å². The van der Waals surface area contributed by atoms with Crippen LogP contribution in [0.4, 0.5) is 0 Å². The van der Waals surface area contributed by atoms with Crippen LogP contribution in [-0.2, 0) is 16.0 Å². The number of carbonyl (C=O) groups is 1. The highest BCUT2D eigenvalue weighted by atomic mass is 16.6. The van der Waals surface area contributed by atoms with E-state index in [-0.39, 0.29) is 5.97 Å². The molecule has 0 saturated heterocycles. The first-order valence-corrected chi connectivity index (χ1v) is 14.0. The second-order valence-corrected chi connectivity index (χ2v) is 9.67. The van der Waals surface area contributed by atoms with E-state index in [4.69, 9.17) is 9.47 Å². The van der Waals surface area contributed by atoms with Gasteiger partial charge in [-0.25, -0.2) is 14.8 Å². The number of aromatic nitrogens is 2.